The fraction of sp³-hybridized carbons (Fsp3) is 0.333. The van der Waals surface area contributed by atoms with Crippen LogP contribution in [0.5, 0.6) is 0 Å². The van der Waals surface area contributed by atoms with Gasteiger partial charge in [0.2, 0.25) is 5.91 Å². The molecule has 3 N–H and O–H groups in total. The molecule has 0 spiro atoms. The minimum Gasteiger partial charge on any atom is -0.480 e. The van der Waals surface area contributed by atoms with Gasteiger partial charge in [-0.3, -0.25) is 4.79 Å². The summed E-state index contributed by atoms with van der Waals surface area (Å²) < 4.78 is 0. The molecule has 0 aromatic heterocycles. The van der Waals surface area contributed by atoms with Gasteiger partial charge in [-0.2, -0.15) is 0 Å². The van der Waals surface area contributed by atoms with Crippen molar-refractivity contribution < 1.29 is 14.7 Å². The second kappa shape index (κ2) is 5.30. The van der Waals surface area contributed by atoms with Gasteiger partial charge in [-0.05, 0) is 17.7 Å². The molecule has 1 unspecified atom stereocenters. The number of aliphatic carboxylic acids is 1. The van der Waals surface area contributed by atoms with Crippen molar-refractivity contribution in [2.24, 2.45) is 0 Å². The number of benzene rings is 1. The molecule has 96 valence electrons. The average Bonchev–Trinajstić information content (AvgIpc) is 2.77. The van der Waals surface area contributed by atoms with Crippen molar-refractivity contribution in [3.05, 3.63) is 29.8 Å². The van der Waals surface area contributed by atoms with E-state index in [1.807, 2.05) is 6.07 Å². The molecule has 1 heterocycles. The zero-order valence-electron chi connectivity index (χ0n) is 9.70. The summed E-state index contributed by atoms with van der Waals surface area (Å²) in [5, 5.41) is 9.02. The number of nitrogens with zero attached hydrogens (tertiary/aromatic N) is 1. The highest BCUT2D eigenvalue weighted by atomic mass is 32.2. The molecule has 1 aromatic rings. The molecule has 2 rings (SSSR count). The predicted octanol–water partition coefficient (Wildman–Crippen LogP) is 0.797. The molecule has 1 aliphatic rings. The maximum Gasteiger partial charge on any atom is 0.327 e. The van der Waals surface area contributed by atoms with Gasteiger partial charge in [-0.25, -0.2) is 4.79 Å². The van der Waals surface area contributed by atoms with E-state index in [9.17, 15) is 9.59 Å². The third kappa shape index (κ3) is 2.76. The van der Waals surface area contributed by atoms with Crippen molar-refractivity contribution >= 4 is 29.3 Å². The number of carboxylic acid groups (broad SMARTS) is 1. The normalized spacial score (nSPS) is 18.9. The zero-order chi connectivity index (χ0) is 13.1. The van der Waals surface area contributed by atoms with E-state index >= 15 is 0 Å². The van der Waals surface area contributed by atoms with Crippen molar-refractivity contribution in [2.45, 2.75) is 12.5 Å². The number of anilines is 1. The summed E-state index contributed by atoms with van der Waals surface area (Å²) in [6.45, 7) is 0. The number of hydrogen-bond acceptors (Lipinski definition) is 4. The van der Waals surface area contributed by atoms with Gasteiger partial charge < -0.3 is 15.7 Å². The summed E-state index contributed by atoms with van der Waals surface area (Å²) in [7, 11) is 0. The van der Waals surface area contributed by atoms with Gasteiger partial charge in [-0.1, -0.05) is 12.1 Å². The standard InChI is InChI=1S/C12H14N2O3S/c13-9-3-1-2-8(4-9)5-11(15)14-7-18-6-10(14)12(16)17/h1-4,10H,5-7,13H2,(H,16,17). The fourth-order valence-electron chi connectivity index (χ4n) is 1.87. The molecule has 0 bridgehead atoms. The third-order valence-corrected chi connectivity index (χ3v) is 3.81. The molecule has 1 saturated heterocycles. The van der Waals surface area contributed by atoms with Crippen molar-refractivity contribution in [2.75, 3.05) is 17.4 Å². The molecule has 0 radical (unpaired) electrons. The smallest absolute Gasteiger partial charge is 0.327 e. The van der Waals surface area contributed by atoms with E-state index in [-0.39, 0.29) is 12.3 Å². The van der Waals surface area contributed by atoms with Gasteiger partial charge >= 0.3 is 5.97 Å². The lowest BCUT2D eigenvalue weighted by molar-refractivity contribution is -0.147. The lowest BCUT2D eigenvalue weighted by Crippen LogP contribution is -2.42. The molecule has 1 aromatic carbocycles. The van der Waals surface area contributed by atoms with Crippen LogP contribution in [0.3, 0.4) is 0 Å². The Kier molecular flexibility index (Phi) is 3.76. The molecule has 0 aliphatic carbocycles. The highest BCUT2D eigenvalue weighted by Crippen LogP contribution is 2.22. The number of nitrogens with two attached hydrogens (primary N) is 1. The number of thioether (sulfide) groups is 1. The lowest BCUT2D eigenvalue weighted by atomic mass is 10.1. The molecule has 18 heavy (non-hydrogen) atoms. The van der Waals surface area contributed by atoms with Crippen molar-refractivity contribution in [3.63, 3.8) is 0 Å². The second-order valence-electron chi connectivity index (χ2n) is 4.14. The van der Waals surface area contributed by atoms with Crippen molar-refractivity contribution in [1.29, 1.82) is 0 Å². The number of nitrogen functional groups attached to an aromatic ring is 1. The summed E-state index contributed by atoms with van der Waals surface area (Å²) in [4.78, 5) is 24.5. The van der Waals surface area contributed by atoms with Crippen LogP contribution >= 0.6 is 11.8 Å². The summed E-state index contributed by atoms with van der Waals surface area (Å²) in [5.41, 5.74) is 7.05. The van der Waals surface area contributed by atoms with Gasteiger partial charge in [0.1, 0.15) is 6.04 Å². The predicted molar refractivity (Wildman–Crippen MR) is 70.2 cm³/mol. The third-order valence-electron chi connectivity index (χ3n) is 2.79. The van der Waals surface area contributed by atoms with Crippen LogP contribution in [0.4, 0.5) is 5.69 Å². The minimum atomic E-state index is -0.944. The Morgan fingerprint density at radius 1 is 1.50 bits per heavy atom. The Balaban J connectivity index is 2.06. The molecular formula is C12H14N2O3S. The maximum absolute atomic E-state index is 12.0. The number of carboxylic acids is 1. The van der Waals surface area contributed by atoms with Crippen LogP contribution in [0.15, 0.2) is 24.3 Å². The first-order valence-electron chi connectivity index (χ1n) is 5.52. The highest BCUT2D eigenvalue weighted by molar-refractivity contribution is 7.99. The van der Waals surface area contributed by atoms with Gasteiger partial charge in [-0.15, -0.1) is 11.8 Å². The summed E-state index contributed by atoms with van der Waals surface area (Å²) in [6.07, 6.45) is 0.190. The number of carbonyl (C=O) groups is 2. The van der Waals surface area contributed by atoms with Crippen molar-refractivity contribution in [3.8, 4) is 0 Å². The van der Waals surface area contributed by atoms with Crippen LogP contribution in [-0.2, 0) is 16.0 Å². The van der Waals surface area contributed by atoms with E-state index in [1.54, 1.807) is 18.2 Å². The number of amides is 1. The minimum absolute atomic E-state index is 0.169. The van der Waals surface area contributed by atoms with E-state index in [0.29, 0.717) is 17.3 Å². The molecule has 5 nitrogen and oxygen atoms in total. The van der Waals surface area contributed by atoms with Crippen molar-refractivity contribution in [1.82, 2.24) is 4.90 Å². The van der Waals surface area contributed by atoms with E-state index in [0.717, 1.165) is 5.56 Å². The van der Waals surface area contributed by atoms with Crippen LogP contribution in [0, 0.1) is 0 Å². The molecule has 1 fully saturated rings. The zero-order valence-corrected chi connectivity index (χ0v) is 10.5. The first kappa shape index (κ1) is 12.8. The molecule has 1 aliphatic heterocycles. The maximum atomic E-state index is 12.0. The summed E-state index contributed by atoms with van der Waals surface area (Å²) in [6, 6.07) is 6.37. The second-order valence-corrected chi connectivity index (χ2v) is 5.14. The lowest BCUT2D eigenvalue weighted by Gasteiger charge is -2.20. The van der Waals surface area contributed by atoms with Gasteiger partial charge in [0.05, 0.1) is 12.3 Å². The fourth-order valence-corrected chi connectivity index (χ4v) is 3.04. The average molecular weight is 266 g/mol. The molecule has 1 amide bonds. The first-order valence-corrected chi connectivity index (χ1v) is 6.68. The topological polar surface area (TPSA) is 83.6 Å². The van der Waals surface area contributed by atoms with Crippen LogP contribution < -0.4 is 5.73 Å². The number of hydrogen-bond donors (Lipinski definition) is 2. The summed E-state index contributed by atoms with van der Waals surface area (Å²) >= 11 is 1.46. The Labute approximate surface area is 109 Å². The number of rotatable bonds is 3. The molecule has 6 heteroatoms. The quantitative estimate of drug-likeness (QED) is 0.790. The van der Waals surface area contributed by atoms with Gasteiger partial charge in [0, 0.05) is 11.4 Å². The van der Waals surface area contributed by atoms with Crippen LogP contribution in [0.2, 0.25) is 0 Å². The number of carbonyl (C=O) groups excluding carboxylic acids is 1. The Morgan fingerprint density at radius 3 is 2.94 bits per heavy atom. The van der Waals surface area contributed by atoms with E-state index in [1.165, 1.54) is 16.7 Å². The Morgan fingerprint density at radius 2 is 2.28 bits per heavy atom. The Hall–Kier alpha value is -1.69. The first-order chi connectivity index (χ1) is 8.58. The van der Waals surface area contributed by atoms with E-state index in [2.05, 4.69) is 0 Å². The van der Waals surface area contributed by atoms with Crippen LogP contribution in [-0.4, -0.2) is 39.6 Å². The van der Waals surface area contributed by atoms with Crippen LogP contribution in [0.25, 0.3) is 0 Å². The van der Waals surface area contributed by atoms with E-state index < -0.39 is 12.0 Å². The molecule has 1 atom stereocenters. The largest absolute Gasteiger partial charge is 0.480 e. The SMILES string of the molecule is Nc1cccc(CC(=O)N2CSCC2C(=O)O)c1. The van der Waals surface area contributed by atoms with Gasteiger partial charge in [0.15, 0.2) is 0 Å². The van der Waals surface area contributed by atoms with Crippen LogP contribution in [0.1, 0.15) is 5.56 Å². The molecular weight excluding hydrogens is 252 g/mol. The molecule has 0 saturated carbocycles. The highest BCUT2D eigenvalue weighted by Gasteiger charge is 2.34. The monoisotopic (exact) mass is 266 g/mol. The van der Waals surface area contributed by atoms with Gasteiger partial charge in [0.25, 0.3) is 0 Å². The van der Waals surface area contributed by atoms with E-state index in [4.69, 9.17) is 10.8 Å². The summed E-state index contributed by atoms with van der Waals surface area (Å²) in [5.74, 6) is -0.213. The Bertz CT molecular complexity index is 478.